The van der Waals surface area contributed by atoms with Crippen molar-refractivity contribution in [3.8, 4) is 0 Å². The Kier molecular flexibility index (Phi) is 5.97. The molecule has 1 saturated heterocycles. The number of aryl methyl sites for hydroxylation is 1. The molecule has 1 aliphatic rings. The summed E-state index contributed by atoms with van der Waals surface area (Å²) in [6.45, 7) is 2.52. The number of aliphatic hydroxyl groups excluding tert-OH is 1. The van der Waals surface area contributed by atoms with Gasteiger partial charge >= 0.3 is 6.18 Å². The van der Waals surface area contributed by atoms with Gasteiger partial charge in [0.15, 0.2) is 6.10 Å². The maximum absolute atomic E-state index is 12.5. The third-order valence-corrected chi connectivity index (χ3v) is 5.05. The Bertz CT molecular complexity index is 525. The first kappa shape index (κ1) is 18.1. The van der Waals surface area contributed by atoms with E-state index in [-0.39, 0.29) is 37.6 Å². The van der Waals surface area contributed by atoms with E-state index in [4.69, 9.17) is 0 Å². The van der Waals surface area contributed by atoms with Crippen LogP contribution in [0.2, 0.25) is 0 Å². The summed E-state index contributed by atoms with van der Waals surface area (Å²) >= 11 is 1.42. The first-order valence-electron chi connectivity index (χ1n) is 7.49. The Balaban J connectivity index is 1.78. The first-order chi connectivity index (χ1) is 10.8. The van der Waals surface area contributed by atoms with Crippen molar-refractivity contribution >= 4 is 17.7 Å². The molecule has 7 heteroatoms. The van der Waals surface area contributed by atoms with Crippen LogP contribution < -0.4 is 0 Å². The topological polar surface area (TPSA) is 40.5 Å². The molecular weight excluding hydrogens is 327 g/mol. The lowest BCUT2D eigenvalue weighted by molar-refractivity contribution is -0.222. The van der Waals surface area contributed by atoms with Crippen molar-refractivity contribution in [1.29, 1.82) is 0 Å². The van der Waals surface area contributed by atoms with E-state index in [1.165, 1.54) is 11.8 Å². The van der Waals surface area contributed by atoms with Gasteiger partial charge in [-0.15, -0.1) is 11.8 Å². The fourth-order valence-corrected chi connectivity index (χ4v) is 3.40. The lowest BCUT2D eigenvalue weighted by Crippen LogP contribution is -2.45. The molecule has 0 radical (unpaired) electrons. The zero-order chi connectivity index (χ0) is 17.0. The van der Waals surface area contributed by atoms with Gasteiger partial charge < -0.3 is 10.0 Å². The quantitative estimate of drug-likeness (QED) is 0.850. The molecule has 3 nitrogen and oxygen atoms in total. The summed E-state index contributed by atoms with van der Waals surface area (Å²) < 4.78 is 37.5. The van der Waals surface area contributed by atoms with Crippen LogP contribution in [0.15, 0.2) is 29.2 Å². The minimum Gasteiger partial charge on any atom is -0.383 e. The summed E-state index contributed by atoms with van der Waals surface area (Å²) in [5.74, 6) is -0.616. The van der Waals surface area contributed by atoms with Crippen LogP contribution in [0.4, 0.5) is 13.2 Å². The van der Waals surface area contributed by atoms with Crippen LogP contribution in [-0.4, -0.2) is 47.0 Å². The summed E-state index contributed by atoms with van der Waals surface area (Å²) in [6, 6.07) is 7.83. The predicted octanol–water partition coefficient (Wildman–Crippen LogP) is 3.25. The van der Waals surface area contributed by atoms with Gasteiger partial charge in [0, 0.05) is 18.0 Å². The van der Waals surface area contributed by atoms with Gasteiger partial charge in [-0.3, -0.25) is 4.79 Å². The number of aliphatic hydroxyl groups is 1. The van der Waals surface area contributed by atoms with Crippen LogP contribution >= 0.6 is 11.8 Å². The molecule has 23 heavy (non-hydrogen) atoms. The minimum absolute atomic E-state index is 0.0736. The number of carbonyl (C=O) groups is 1. The van der Waals surface area contributed by atoms with E-state index in [1.54, 1.807) is 4.90 Å². The summed E-state index contributed by atoms with van der Waals surface area (Å²) in [7, 11) is 0. The summed E-state index contributed by atoms with van der Waals surface area (Å²) in [6.07, 6.45) is -6.51. The Morgan fingerprint density at radius 2 is 1.87 bits per heavy atom. The van der Waals surface area contributed by atoms with Crippen LogP contribution in [-0.2, 0) is 4.79 Å². The van der Waals surface area contributed by atoms with Gasteiger partial charge in [0.1, 0.15) is 0 Å². The fourth-order valence-electron chi connectivity index (χ4n) is 2.60. The monoisotopic (exact) mass is 347 g/mol. The van der Waals surface area contributed by atoms with Crippen LogP contribution in [0.3, 0.4) is 0 Å². The van der Waals surface area contributed by atoms with E-state index in [0.717, 1.165) is 10.5 Å². The van der Waals surface area contributed by atoms with E-state index in [2.05, 4.69) is 0 Å². The van der Waals surface area contributed by atoms with Gasteiger partial charge in [-0.2, -0.15) is 13.2 Å². The van der Waals surface area contributed by atoms with Gasteiger partial charge in [0.25, 0.3) is 0 Å². The van der Waals surface area contributed by atoms with Gasteiger partial charge in [0.2, 0.25) is 5.91 Å². The van der Waals surface area contributed by atoms with Crippen LogP contribution in [0.25, 0.3) is 0 Å². The number of benzene rings is 1. The maximum Gasteiger partial charge on any atom is 0.414 e. The number of likely N-dealkylation sites (tertiary alicyclic amines) is 1. The van der Waals surface area contributed by atoms with Crippen LogP contribution in [0.5, 0.6) is 0 Å². The number of hydrogen-bond donors (Lipinski definition) is 1. The molecule has 128 valence electrons. The molecule has 2 rings (SSSR count). The van der Waals surface area contributed by atoms with E-state index < -0.39 is 18.2 Å². The van der Waals surface area contributed by atoms with Crippen LogP contribution in [0.1, 0.15) is 18.4 Å². The van der Waals surface area contributed by atoms with Gasteiger partial charge in [0.05, 0.1) is 5.75 Å². The second-order valence-electron chi connectivity index (χ2n) is 5.81. The van der Waals surface area contributed by atoms with Crippen molar-refractivity contribution < 1.29 is 23.1 Å². The van der Waals surface area contributed by atoms with Crippen molar-refractivity contribution in [3.05, 3.63) is 29.8 Å². The Labute approximate surface area is 137 Å². The highest BCUT2D eigenvalue weighted by atomic mass is 32.2. The summed E-state index contributed by atoms with van der Waals surface area (Å²) in [5, 5.41) is 9.28. The standard InChI is InChI=1S/C16H20F3NO2S/c1-11-2-4-13(5-3-11)23-10-14(21)20-8-6-12(7-9-20)15(22)16(17,18)19/h2-5,12,15,22H,6-10H2,1H3. The van der Waals surface area contributed by atoms with Gasteiger partial charge in [-0.25, -0.2) is 0 Å². The Morgan fingerprint density at radius 1 is 1.30 bits per heavy atom. The predicted molar refractivity (Wildman–Crippen MR) is 83.3 cm³/mol. The second-order valence-corrected chi connectivity index (χ2v) is 6.86. The highest BCUT2D eigenvalue weighted by Crippen LogP contribution is 2.31. The number of halogens is 3. The smallest absolute Gasteiger partial charge is 0.383 e. The SMILES string of the molecule is Cc1ccc(SCC(=O)N2CCC(C(O)C(F)(F)F)CC2)cc1. The summed E-state index contributed by atoms with van der Waals surface area (Å²) in [5.41, 5.74) is 1.14. The van der Waals surface area contributed by atoms with Crippen molar-refractivity contribution in [2.75, 3.05) is 18.8 Å². The number of amides is 1. The molecule has 0 spiro atoms. The number of rotatable bonds is 4. The van der Waals surface area contributed by atoms with Crippen molar-refractivity contribution in [3.63, 3.8) is 0 Å². The number of thioether (sulfide) groups is 1. The van der Waals surface area contributed by atoms with Gasteiger partial charge in [-0.05, 0) is 37.8 Å². The molecule has 1 unspecified atom stereocenters. The second kappa shape index (κ2) is 7.57. The van der Waals surface area contributed by atoms with Crippen molar-refractivity contribution in [2.24, 2.45) is 5.92 Å². The number of piperidine rings is 1. The molecule has 1 heterocycles. The molecule has 0 aromatic heterocycles. The van der Waals surface area contributed by atoms with E-state index >= 15 is 0 Å². The lowest BCUT2D eigenvalue weighted by atomic mass is 9.91. The number of alkyl halides is 3. The molecule has 1 aromatic rings. The lowest BCUT2D eigenvalue weighted by Gasteiger charge is -2.34. The van der Waals surface area contributed by atoms with Gasteiger partial charge in [-0.1, -0.05) is 17.7 Å². The fraction of sp³-hybridized carbons (Fsp3) is 0.562. The zero-order valence-electron chi connectivity index (χ0n) is 12.8. The molecule has 1 aromatic carbocycles. The molecule has 0 aliphatic carbocycles. The number of carbonyl (C=O) groups excluding carboxylic acids is 1. The maximum atomic E-state index is 12.5. The van der Waals surface area contributed by atoms with Crippen molar-refractivity contribution in [1.82, 2.24) is 4.90 Å². The Morgan fingerprint density at radius 3 is 2.39 bits per heavy atom. The average Bonchev–Trinajstić information content (AvgIpc) is 2.52. The third kappa shape index (κ3) is 5.14. The molecule has 1 fully saturated rings. The molecule has 1 aliphatic heterocycles. The molecule has 1 N–H and O–H groups in total. The number of nitrogens with zero attached hydrogens (tertiary/aromatic N) is 1. The van der Waals surface area contributed by atoms with E-state index in [0.29, 0.717) is 0 Å². The molecule has 1 atom stereocenters. The molecule has 0 saturated carbocycles. The number of hydrogen-bond acceptors (Lipinski definition) is 3. The van der Waals surface area contributed by atoms with E-state index in [1.807, 2.05) is 31.2 Å². The third-order valence-electron chi connectivity index (χ3n) is 4.06. The molecule has 0 bridgehead atoms. The van der Waals surface area contributed by atoms with E-state index in [9.17, 15) is 23.1 Å². The minimum atomic E-state index is -4.59. The summed E-state index contributed by atoms with van der Waals surface area (Å²) in [4.78, 5) is 14.7. The highest BCUT2D eigenvalue weighted by Gasteiger charge is 2.44. The Hall–Kier alpha value is -1.21. The zero-order valence-corrected chi connectivity index (χ0v) is 13.7. The highest BCUT2D eigenvalue weighted by molar-refractivity contribution is 8.00. The molecular formula is C16H20F3NO2S. The molecule has 1 amide bonds. The average molecular weight is 347 g/mol. The van der Waals surface area contributed by atoms with Crippen molar-refractivity contribution in [2.45, 2.75) is 36.9 Å². The first-order valence-corrected chi connectivity index (χ1v) is 8.48. The largest absolute Gasteiger partial charge is 0.414 e. The van der Waals surface area contributed by atoms with Crippen LogP contribution in [0, 0.1) is 12.8 Å². The normalized spacial score (nSPS) is 18.0.